The molecule has 0 unspecified atom stereocenters. The molecule has 0 radical (unpaired) electrons. The highest BCUT2D eigenvalue weighted by Gasteiger charge is 2.17. The highest BCUT2D eigenvalue weighted by Crippen LogP contribution is 1.96. The largest absolute Gasteiger partial charge is 0.448 e. The Morgan fingerprint density at radius 2 is 2.12 bits per heavy atom. The zero-order valence-electron chi connectivity index (χ0n) is 9.44. The molecule has 17 heavy (non-hydrogen) atoms. The average molecular weight is 244 g/mol. The molecule has 0 aromatic heterocycles. The Kier molecular flexibility index (Phi) is 6.05. The molecule has 0 atom stereocenters. The molecule has 2 amide bonds. The zero-order valence-corrected chi connectivity index (χ0v) is 9.44. The maximum absolute atomic E-state index is 11.2. The summed E-state index contributed by atoms with van der Waals surface area (Å²) >= 11 is 0. The molecule has 1 aliphatic heterocycles. The first-order valence-electron chi connectivity index (χ1n) is 5.21. The fourth-order valence-electron chi connectivity index (χ4n) is 1.17. The molecule has 2 N–H and O–H groups in total. The summed E-state index contributed by atoms with van der Waals surface area (Å²) in [4.78, 5) is 22.0. The van der Waals surface area contributed by atoms with Gasteiger partial charge >= 0.3 is 6.09 Å². The first-order chi connectivity index (χ1) is 8.22. The lowest BCUT2D eigenvalue weighted by atomic mass is 10.3. The average Bonchev–Trinajstić information content (AvgIpc) is 2.35. The first-order valence-corrected chi connectivity index (χ1v) is 5.21. The van der Waals surface area contributed by atoms with Gasteiger partial charge in [0.1, 0.15) is 13.4 Å². The topological polar surface area (TPSA) is 85.9 Å². The first kappa shape index (κ1) is 13.5. The van der Waals surface area contributed by atoms with Crippen molar-refractivity contribution in [3.63, 3.8) is 0 Å². The second-order valence-electron chi connectivity index (χ2n) is 3.33. The van der Waals surface area contributed by atoms with Crippen LogP contribution in [-0.2, 0) is 19.0 Å². The molecule has 0 spiro atoms. The Balaban J connectivity index is 2.04. The van der Waals surface area contributed by atoms with Gasteiger partial charge in [0.2, 0.25) is 5.91 Å². The number of hydrogen-bond acceptors (Lipinski definition) is 5. The number of carbonyl (C=O) groups excluding carboxylic acids is 2. The molecule has 96 valence electrons. The third-order valence-electron chi connectivity index (χ3n) is 1.95. The van der Waals surface area contributed by atoms with Crippen LogP contribution in [0, 0.1) is 0 Å². The standard InChI is InChI=1S/C10H16N2O5/c1-2-9(13)11-3-4-17-10(14)12-8-5-15-7-16-6-8/h2,8H,1,3-7H2,(H,11,13)(H,12,14). The highest BCUT2D eigenvalue weighted by molar-refractivity contribution is 5.86. The van der Waals surface area contributed by atoms with E-state index in [1.54, 1.807) is 0 Å². The van der Waals surface area contributed by atoms with Crippen molar-refractivity contribution in [3.05, 3.63) is 12.7 Å². The summed E-state index contributed by atoms with van der Waals surface area (Å²) in [6, 6.07) is -0.195. The number of alkyl carbamates (subject to hydrolysis) is 1. The number of rotatable bonds is 5. The van der Waals surface area contributed by atoms with E-state index in [0.717, 1.165) is 6.08 Å². The number of carbonyl (C=O) groups is 2. The van der Waals surface area contributed by atoms with E-state index in [4.69, 9.17) is 14.2 Å². The van der Waals surface area contributed by atoms with Crippen LogP contribution in [0.25, 0.3) is 0 Å². The molecule has 1 saturated heterocycles. The van der Waals surface area contributed by atoms with Gasteiger partial charge in [-0.2, -0.15) is 0 Å². The Bertz CT molecular complexity index is 276. The number of nitrogens with one attached hydrogen (secondary N) is 2. The van der Waals surface area contributed by atoms with Crippen molar-refractivity contribution in [3.8, 4) is 0 Å². The van der Waals surface area contributed by atoms with Gasteiger partial charge in [0.25, 0.3) is 0 Å². The van der Waals surface area contributed by atoms with E-state index in [1.165, 1.54) is 0 Å². The van der Waals surface area contributed by atoms with E-state index in [2.05, 4.69) is 17.2 Å². The van der Waals surface area contributed by atoms with Crippen molar-refractivity contribution in [2.45, 2.75) is 6.04 Å². The smallest absolute Gasteiger partial charge is 0.407 e. The number of amides is 2. The maximum atomic E-state index is 11.2. The molecule has 1 rings (SSSR count). The third-order valence-corrected chi connectivity index (χ3v) is 1.95. The summed E-state index contributed by atoms with van der Waals surface area (Å²) in [7, 11) is 0. The van der Waals surface area contributed by atoms with Gasteiger partial charge in [-0.1, -0.05) is 6.58 Å². The van der Waals surface area contributed by atoms with Crippen molar-refractivity contribution >= 4 is 12.0 Å². The summed E-state index contributed by atoms with van der Waals surface area (Å²) in [5.74, 6) is -0.303. The van der Waals surface area contributed by atoms with Gasteiger partial charge in [-0.3, -0.25) is 4.79 Å². The molecule has 1 aliphatic rings. The monoisotopic (exact) mass is 244 g/mol. The van der Waals surface area contributed by atoms with Crippen molar-refractivity contribution in [1.29, 1.82) is 0 Å². The number of ether oxygens (including phenoxy) is 3. The van der Waals surface area contributed by atoms with Crippen LogP contribution >= 0.6 is 0 Å². The molecule has 7 nitrogen and oxygen atoms in total. The molecular formula is C10H16N2O5. The summed E-state index contributed by atoms with van der Waals surface area (Å²) in [6.07, 6.45) is 0.591. The van der Waals surface area contributed by atoms with E-state index >= 15 is 0 Å². The summed E-state index contributed by atoms with van der Waals surface area (Å²) in [5, 5.41) is 5.06. The summed E-state index contributed by atoms with van der Waals surface area (Å²) in [6.45, 7) is 4.70. The number of hydrogen-bond donors (Lipinski definition) is 2. The molecule has 7 heteroatoms. The Labute approximate surface area is 99.1 Å². The molecule has 0 saturated carbocycles. The summed E-state index contributed by atoms with van der Waals surface area (Å²) in [5.41, 5.74) is 0. The Morgan fingerprint density at radius 3 is 2.76 bits per heavy atom. The van der Waals surface area contributed by atoms with Gasteiger partial charge in [-0.25, -0.2) is 4.79 Å². The van der Waals surface area contributed by atoms with E-state index in [-0.39, 0.29) is 31.9 Å². The summed E-state index contributed by atoms with van der Waals surface area (Å²) < 4.78 is 14.8. The highest BCUT2D eigenvalue weighted by atomic mass is 16.7. The molecular weight excluding hydrogens is 228 g/mol. The normalized spacial score (nSPS) is 16.0. The van der Waals surface area contributed by atoms with Gasteiger partial charge in [0, 0.05) is 0 Å². The van der Waals surface area contributed by atoms with Crippen molar-refractivity contribution < 1.29 is 23.8 Å². The van der Waals surface area contributed by atoms with Crippen LogP contribution in [0.15, 0.2) is 12.7 Å². The van der Waals surface area contributed by atoms with Crippen molar-refractivity contribution in [2.75, 3.05) is 33.2 Å². The molecule has 0 aliphatic carbocycles. The zero-order chi connectivity index (χ0) is 12.5. The fourth-order valence-corrected chi connectivity index (χ4v) is 1.17. The fraction of sp³-hybridized carbons (Fsp3) is 0.600. The minimum atomic E-state index is -0.558. The van der Waals surface area contributed by atoms with Crippen LogP contribution < -0.4 is 10.6 Å². The van der Waals surface area contributed by atoms with E-state index < -0.39 is 6.09 Å². The van der Waals surface area contributed by atoms with Crippen LogP contribution in [0.3, 0.4) is 0 Å². The lowest BCUT2D eigenvalue weighted by Gasteiger charge is -2.22. The lowest BCUT2D eigenvalue weighted by Crippen LogP contribution is -2.45. The molecule has 0 aromatic carbocycles. The van der Waals surface area contributed by atoms with E-state index in [9.17, 15) is 9.59 Å². The van der Waals surface area contributed by atoms with Gasteiger partial charge < -0.3 is 24.8 Å². The van der Waals surface area contributed by atoms with Gasteiger partial charge in [0.05, 0.1) is 25.8 Å². The van der Waals surface area contributed by atoms with Gasteiger partial charge in [0.15, 0.2) is 0 Å². The second kappa shape index (κ2) is 7.64. The quantitative estimate of drug-likeness (QED) is 0.497. The van der Waals surface area contributed by atoms with Crippen LogP contribution in [-0.4, -0.2) is 51.2 Å². The van der Waals surface area contributed by atoms with Crippen LogP contribution in [0.5, 0.6) is 0 Å². The molecule has 0 aromatic rings. The minimum Gasteiger partial charge on any atom is -0.448 e. The predicted molar refractivity (Wildman–Crippen MR) is 58.2 cm³/mol. The SMILES string of the molecule is C=CC(=O)NCCOC(=O)NC1COCOC1. The third kappa shape index (κ3) is 5.88. The van der Waals surface area contributed by atoms with Crippen molar-refractivity contribution in [1.82, 2.24) is 10.6 Å². The molecule has 0 bridgehead atoms. The van der Waals surface area contributed by atoms with Gasteiger partial charge in [-0.05, 0) is 6.08 Å². The second-order valence-corrected chi connectivity index (χ2v) is 3.33. The van der Waals surface area contributed by atoms with Crippen LogP contribution in [0.4, 0.5) is 4.79 Å². The van der Waals surface area contributed by atoms with Crippen molar-refractivity contribution in [2.24, 2.45) is 0 Å². The Morgan fingerprint density at radius 1 is 1.41 bits per heavy atom. The maximum Gasteiger partial charge on any atom is 0.407 e. The molecule has 1 fully saturated rings. The minimum absolute atomic E-state index is 0.0971. The van der Waals surface area contributed by atoms with E-state index in [1.807, 2.05) is 0 Å². The predicted octanol–water partition coefficient (Wildman–Crippen LogP) is -0.612. The van der Waals surface area contributed by atoms with E-state index in [0.29, 0.717) is 13.2 Å². The van der Waals surface area contributed by atoms with Crippen LogP contribution in [0.2, 0.25) is 0 Å². The van der Waals surface area contributed by atoms with Crippen LogP contribution in [0.1, 0.15) is 0 Å². The lowest BCUT2D eigenvalue weighted by molar-refractivity contribution is -0.116. The molecule has 1 heterocycles. The Hall–Kier alpha value is -1.60. The van der Waals surface area contributed by atoms with Gasteiger partial charge in [-0.15, -0.1) is 0 Å².